The van der Waals surface area contributed by atoms with Crippen molar-refractivity contribution in [3.63, 3.8) is 0 Å². The second kappa shape index (κ2) is 12.2. The lowest BCUT2D eigenvalue weighted by atomic mass is 10.1. The topological polar surface area (TPSA) is 62.1 Å². The summed E-state index contributed by atoms with van der Waals surface area (Å²) < 4.78 is 0. The van der Waals surface area contributed by atoms with Crippen LogP contribution in [0.5, 0.6) is 0 Å². The fraction of sp³-hybridized carbons (Fsp3) is 0. The molecule has 5 aromatic rings. The second-order valence-electron chi connectivity index (χ2n) is 8.79. The van der Waals surface area contributed by atoms with Crippen molar-refractivity contribution in [1.29, 1.82) is 0 Å². The molecule has 188 valence electrons. The summed E-state index contributed by atoms with van der Waals surface area (Å²) in [5.41, 5.74) is 7.84. The van der Waals surface area contributed by atoms with E-state index < -0.39 is 0 Å². The number of nitrogens with zero attached hydrogens (tertiary/aromatic N) is 3. The van der Waals surface area contributed by atoms with Crippen molar-refractivity contribution >= 4 is 53.4 Å². The first-order valence-corrected chi connectivity index (χ1v) is 12.5. The van der Waals surface area contributed by atoms with Crippen LogP contribution in [0.3, 0.4) is 0 Å². The molecular weight excluding hydrogens is 482 g/mol. The van der Waals surface area contributed by atoms with Crippen molar-refractivity contribution in [2.75, 3.05) is 4.90 Å². The fourth-order valence-electron chi connectivity index (χ4n) is 4.02. The first-order valence-electron chi connectivity index (χ1n) is 12.5. The normalized spacial score (nSPS) is 11.1. The zero-order valence-corrected chi connectivity index (χ0v) is 21.1. The number of anilines is 3. The van der Waals surface area contributed by atoms with Gasteiger partial charge in [-0.25, -0.2) is 0 Å². The quantitative estimate of drug-likeness (QED) is 0.149. The zero-order valence-electron chi connectivity index (χ0n) is 21.1. The smallest absolute Gasteiger partial charge is 0.150 e. The van der Waals surface area contributed by atoms with Gasteiger partial charge in [-0.15, -0.1) is 0 Å². The van der Waals surface area contributed by atoms with E-state index in [1.54, 1.807) is 36.7 Å². The number of aldehydes is 2. The Labute approximate surface area is 227 Å². The molecule has 0 radical (unpaired) electrons. The van der Waals surface area contributed by atoms with Gasteiger partial charge in [-0.2, -0.15) is 0 Å². The van der Waals surface area contributed by atoms with E-state index in [-0.39, 0.29) is 0 Å². The third-order valence-electron chi connectivity index (χ3n) is 6.10. The molecule has 0 aliphatic heterocycles. The third-order valence-corrected chi connectivity index (χ3v) is 6.10. The van der Waals surface area contributed by atoms with Gasteiger partial charge in [0, 0.05) is 40.6 Å². The summed E-state index contributed by atoms with van der Waals surface area (Å²) in [6, 6.07) is 40.9. The van der Waals surface area contributed by atoms with Gasteiger partial charge in [-0.3, -0.25) is 19.6 Å². The summed E-state index contributed by atoms with van der Waals surface area (Å²) in [6.45, 7) is 0. The van der Waals surface area contributed by atoms with Crippen LogP contribution in [0.15, 0.2) is 137 Å². The van der Waals surface area contributed by atoms with E-state index in [4.69, 9.17) is 0 Å². The molecule has 0 unspecified atom stereocenters. The van der Waals surface area contributed by atoms with Crippen molar-refractivity contribution in [2.45, 2.75) is 0 Å². The van der Waals surface area contributed by atoms with Crippen LogP contribution in [0.1, 0.15) is 31.8 Å². The van der Waals surface area contributed by atoms with Crippen molar-refractivity contribution in [2.24, 2.45) is 9.98 Å². The van der Waals surface area contributed by atoms with Crippen LogP contribution in [0.4, 0.5) is 28.4 Å². The fourth-order valence-corrected chi connectivity index (χ4v) is 4.02. The van der Waals surface area contributed by atoms with E-state index in [0.717, 1.165) is 52.1 Å². The molecule has 0 bridgehead atoms. The Kier molecular flexibility index (Phi) is 7.90. The molecular formula is C34H25N3O2. The van der Waals surface area contributed by atoms with Gasteiger partial charge in [-0.1, -0.05) is 66.7 Å². The highest BCUT2D eigenvalue weighted by Gasteiger charge is 2.12. The Morgan fingerprint density at radius 2 is 0.769 bits per heavy atom. The predicted octanol–water partition coefficient (Wildman–Crippen LogP) is 8.28. The van der Waals surface area contributed by atoms with E-state index in [1.807, 2.05) is 91.0 Å². The number of hydrogen-bond acceptors (Lipinski definition) is 5. The first-order chi connectivity index (χ1) is 19.2. The molecule has 5 nitrogen and oxygen atoms in total. The molecule has 0 spiro atoms. The molecule has 0 saturated carbocycles. The molecule has 0 aliphatic carbocycles. The summed E-state index contributed by atoms with van der Waals surface area (Å²) in [6.07, 6.45) is 5.23. The van der Waals surface area contributed by atoms with Gasteiger partial charge in [0.1, 0.15) is 12.6 Å². The molecule has 0 fully saturated rings. The molecule has 0 atom stereocenters. The SMILES string of the molecule is O=Cc1ccc(C=Nc2ccc(N(c3ccccc3)c3ccc(N=Cc4ccc(C=O)cc4)cc3)cc2)cc1. The highest BCUT2D eigenvalue weighted by atomic mass is 16.1. The molecule has 0 amide bonds. The average Bonchev–Trinajstić information content (AvgIpc) is 3.01. The zero-order chi connectivity index (χ0) is 26.9. The Morgan fingerprint density at radius 1 is 0.410 bits per heavy atom. The van der Waals surface area contributed by atoms with E-state index in [2.05, 4.69) is 27.0 Å². The molecule has 0 N–H and O–H groups in total. The van der Waals surface area contributed by atoms with E-state index in [9.17, 15) is 9.59 Å². The standard InChI is InChI=1S/C34H25N3O2/c38-24-28-10-6-26(7-11-28)22-35-30-14-18-33(19-15-30)37(32-4-2-1-3-5-32)34-20-16-31(17-21-34)36-23-27-8-12-29(25-39)13-9-27/h1-25H. The Bertz CT molecular complexity index is 1480. The minimum atomic E-state index is 0.641. The number of carbonyl (C=O) groups excluding carboxylic acids is 2. The van der Waals surface area contributed by atoms with Gasteiger partial charge in [0.05, 0.1) is 11.4 Å². The van der Waals surface area contributed by atoms with Crippen LogP contribution in [-0.4, -0.2) is 25.0 Å². The lowest BCUT2D eigenvalue weighted by Gasteiger charge is -2.25. The summed E-state index contributed by atoms with van der Waals surface area (Å²) in [7, 11) is 0. The monoisotopic (exact) mass is 507 g/mol. The molecule has 5 heteroatoms. The number of benzene rings is 5. The van der Waals surface area contributed by atoms with Gasteiger partial charge >= 0.3 is 0 Å². The highest BCUT2D eigenvalue weighted by molar-refractivity contribution is 5.86. The van der Waals surface area contributed by atoms with E-state index >= 15 is 0 Å². The summed E-state index contributed by atoms with van der Waals surface area (Å²) in [4.78, 5) is 33.0. The van der Waals surface area contributed by atoms with Crippen LogP contribution < -0.4 is 4.90 Å². The molecule has 5 rings (SSSR count). The van der Waals surface area contributed by atoms with Gasteiger partial charge in [0.15, 0.2) is 0 Å². The number of aliphatic imine (C=N–C) groups is 2. The van der Waals surface area contributed by atoms with Crippen molar-refractivity contribution < 1.29 is 9.59 Å². The highest BCUT2D eigenvalue weighted by Crippen LogP contribution is 2.35. The lowest BCUT2D eigenvalue weighted by Crippen LogP contribution is -2.09. The third kappa shape index (κ3) is 6.48. The number of carbonyl (C=O) groups is 2. The summed E-state index contributed by atoms with van der Waals surface area (Å²) >= 11 is 0. The maximum absolute atomic E-state index is 10.9. The molecule has 0 heterocycles. The Hall–Kier alpha value is -5.42. The molecule has 0 saturated heterocycles. The average molecular weight is 508 g/mol. The minimum absolute atomic E-state index is 0.641. The van der Waals surface area contributed by atoms with Gasteiger partial charge < -0.3 is 4.90 Å². The first kappa shape index (κ1) is 25.2. The lowest BCUT2D eigenvalue weighted by molar-refractivity contribution is 0.111. The van der Waals surface area contributed by atoms with Crippen LogP contribution in [0, 0.1) is 0 Å². The molecule has 5 aromatic carbocycles. The maximum Gasteiger partial charge on any atom is 0.150 e. The van der Waals surface area contributed by atoms with Crippen LogP contribution in [-0.2, 0) is 0 Å². The molecule has 39 heavy (non-hydrogen) atoms. The summed E-state index contributed by atoms with van der Waals surface area (Å²) in [5, 5.41) is 0. The van der Waals surface area contributed by atoms with Crippen LogP contribution >= 0.6 is 0 Å². The second-order valence-corrected chi connectivity index (χ2v) is 8.79. The largest absolute Gasteiger partial charge is 0.311 e. The van der Waals surface area contributed by atoms with Gasteiger partial charge in [-0.05, 0) is 71.8 Å². The van der Waals surface area contributed by atoms with Gasteiger partial charge in [0.25, 0.3) is 0 Å². The summed E-state index contributed by atoms with van der Waals surface area (Å²) in [5.74, 6) is 0. The number of hydrogen-bond donors (Lipinski definition) is 0. The van der Waals surface area contributed by atoms with Crippen LogP contribution in [0.2, 0.25) is 0 Å². The number of para-hydroxylation sites is 1. The van der Waals surface area contributed by atoms with Gasteiger partial charge in [0.2, 0.25) is 0 Å². The minimum Gasteiger partial charge on any atom is -0.311 e. The van der Waals surface area contributed by atoms with Crippen molar-refractivity contribution in [3.05, 3.63) is 150 Å². The number of rotatable bonds is 9. The predicted molar refractivity (Wildman–Crippen MR) is 159 cm³/mol. The Morgan fingerprint density at radius 3 is 1.15 bits per heavy atom. The maximum atomic E-state index is 10.9. The van der Waals surface area contributed by atoms with Crippen LogP contribution in [0.25, 0.3) is 0 Å². The van der Waals surface area contributed by atoms with E-state index in [0.29, 0.717) is 11.1 Å². The van der Waals surface area contributed by atoms with Crippen molar-refractivity contribution in [3.8, 4) is 0 Å². The Balaban J connectivity index is 1.36. The van der Waals surface area contributed by atoms with E-state index in [1.165, 1.54) is 0 Å². The van der Waals surface area contributed by atoms with Crippen molar-refractivity contribution in [1.82, 2.24) is 0 Å². The molecule has 0 aliphatic rings. The molecule has 0 aromatic heterocycles.